The number of halogens is 1. The van der Waals surface area contributed by atoms with Gasteiger partial charge < -0.3 is 9.64 Å². The van der Waals surface area contributed by atoms with Gasteiger partial charge in [-0.25, -0.2) is 9.97 Å². The molecule has 1 atom stereocenters. The second kappa shape index (κ2) is 7.23. The van der Waals surface area contributed by atoms with E-state index in [9.17, 15) is 19.7 Å². The van der Waals surface area contributed by atoms with E-state index in [1.54, 1.807) is 13.8 Å². The molecule has 0 aliphatic carbocycles. The average molecular weight is 392 g/mol. The van der Waals surface area contributed by atoms with Crippen LogP contribution >= 0.6 is 11.6 Å². The third-order valence-electron chi connectivity index (χ3n) is 4.05. The number of ether oxygens (including phenoxy) is 1. The summed E-state index contributed by atoms with van der Waals surface area (Å²) in [6.07, 6.45) is 2.52. The Hall–Kier alpha value is -3.14. The van der Waals surface area contributed by atoms with Crippen molar-refractivity contribution in [2.75, 3.05) is 11.5 Å². The number of esters is 1. The lowest BCUT2D eigenvalue weighted by Gasteiger charge is -2.32. The van der Waals surface area contributed by atoms with E-state index in [2.05, 4.69) is 15.0 Å². The lowest BCUT2D eigenvalue weighted by molar-refractivity contribution is -0.385. The molecule has 140 valence electrons. The van der Waals surface area contributed by atoms with E-state index in [0.29, 0.717) is 11.3 Å². The molecule has 0 saturated carbocycles. The topological polar surface area (TPSA) is 128 Å². The maximum Gasteiger partial charge on any atom is 0.324 e. The molecule has 0 aromatic carbocycles. The van der Waals surface area contributed by atoms with Crippen molar-refractivity contribution in [3.63, 3.8) is 0 Å². The number of nitrogens with zero attached hydrogens (tertiary/aromatic N) is 5. The highest BCUT2D eigenvalue weighted by molar-refractivity contribution is 6.28. The summed E-state index contributed by atoms with van der Waals surface area (Å²) in [7, 11) is 0. The van der Waals surface area contributed by atoms with Crippen molar-refractivity contribution >= 4 is 34.9 Å². The van der Waals surface area contributed by atoms with Gasteiger partial charge in [-0.05, 0) is 25.4 Å². The number of anilines is 1. The van der Waals surface area contributed by atoms with Gasteiger partial charge >= 0.3 is 5.97 Å². The second-order valence-electron chi connectivity index (χ2n) is 5.71. The Morgan fingerprint density at radius 1 is 1.44 bits per heavy atom. The monoisotopic (exact) mass is 391 g/mol. The van der Waals surface area contributed by atoms with Crippen molar-refractivity contribution in [1.82, 2.24) is 15.0 Å². The molecule has 3 heterocycles. The predicted octanol–water partition coefficient (Wildman–Crippen LogP) is 1.94. The van der Waals surface area contributed by atoms with E-state index in [4.69, 9.17) is 16.3 Å². The number of rotatable bonds is 4. The van der Waals surface area contributed by atoms with E-state index >= 15 is 0 Å². The van der Waals surface area contributed by atoms with Gasteiger partial charge in [-0.15, -0.1) is 0 Å². The molecule has 3 rings (SSSR count). The van der Waals surface area contributed by atoms with Gasteiger partial charge in [-0.2, -0.15) is 0 Å². The Morgan fingerprint density at radius 2 is 2.19 bits per heavy atom. The number of fused-ring (bicyclic) bond motifs is 1. The van der Waals surface area contributed by atoms with Crippen molar-refractivity contribution in [3.8, 4) is 0 Å². The minimum atomic E-state index is -1.34. The van der Waals surface area contributed by atoms with Crippen LogP contribution in [0.25, 0.3) is 0 Å². The number of nitro groups is 1. The summed E-state index contributed by atoms with van der Waals surface area (Å²) in [5, 5.41) is 11.0. The smallest absolute Gasteiger partial charge is 0.324 e. The fourth-order valence-corrected chi connectivity index (χ4v) is 2.96. The number of carbonyl (C=O) groups is 2. The number of aromatic nitrogens is 3. The van der Waals surface area contributed by atoms with Crippen LogP contribution in [0, 0.1) is 17.0 Å². The van der Waals surface area contributed by atoms with Crippen molar-refractivity contribution in [2.45, 2.75) is 26.3 Å². The molecule has 1 amide bonds. The van der Waals surface area contributed by atoms with Gasteiger partial charge in [0.05, 0.1) is 35.2 Å². The normalized spacial score (nSPS) is 16.0. The van der Waals surface area contributed by atoms with Gasteiger partial charge in [0, 0.05) is 17.8 Å². The summed E-state index contributed by atoms with van der Waals surface area (Å²) in [5.41, 5.74) is 1.02. The molecule has 1 aliphatic heterocycles. The zero-order valence-electron chi connectivity index (χ0n) is 14.4. The average Bonchev–Trinajstić information content (AvgIpc) is 2.61. The maximum atomic E-state index is 13.1. The zero-order valence-corrected chi connectivity index (χ0v) is 15.1. The summed E-state index contributed by atoms with van der Waals surface area (Å²) in [4.78, 5) is 49.1. The van der Waals surface area contributed by atoms with Gasteiger partial charge in [0.25, 0.3) is 5.69 Å². The quantitative estimate of drug-likeness (QED) is 0.254. The van der Waals surface area contributed by atoms with Crippen LogP contribution in [0.15, 0.2) is 18.5 Å². The van der Waals surface area contributed by atoms with Gasteiger partial charge in [0.15, 0.2) is 5.92 Å². The molecule has 0 radical (unpaired) electrons. The first-order valence-corrected chi connectivity index (χ1v) is 8.31. The molecule has 10 nitrogen and oxygen atoms in total. The summed E-state index contributed by atoms with van der Waals surface area (Å²) >= 11 is 5.82. The van der Waals surface area contributed by atoms with Crippen LogP contribution in [0.4, 0.5) is 11.4 Å². The third kappa shape index (κ3) is 3.43. The Labute approximate surface area is 158 Å². The number of aryl methyl sites for hydroxylation is 1. The minimum absolute atomic E-state index is 0.0188. The van der Waals surface area contributed by atoms with E-state index in [1.165, 1.54) is 17.2 Å². The van der Waals surface area contributed by atoms with Gasteiger partial charge in [0.1, 0.15) is 6.20 Å². The highest BCUT2D eigenvalue weighted by atomic mass is 35.5. The zero-order chi connectivity index (χ0) is 19.7. The fourth-order valence-electron chi connectivity index (χ4n) is 2.82. The van der Waals surface area contributed by atoms with Crippen molar-refractivity contribution in [3.05, 3.63) is 50.8 Å². The van der Waals surface area contributed by atoms with Gasteiger partial charge in [-0.3, -0.25) is 24.7 Å². The first-order valence-electron chi connectivity index (χ1n) is 7.93. The minimum Gasteiger partial charge on any atom is -0.465 e. The number of carbonyl (C=O) groups excluding carboxylic acids is 2. The first kappa shape index (κ1) is 18.6. The van der Waals surface area contributed by atoms with E-state index in [-0.39, 0.29) is 35.5 Å². The van der Waals surface area contributed by atoms with E-state index in [1.807, 2.05) is 0 Å². The van der Waals surface area contributed by atoms with Crippen LogP contribution in [0.3, 0.4) is 0 Å². The van der Waals surface area contributed by atoms with Crippen LogP contribution in [0.1, 0.15) is 29.8 Å². The molecule has 11 heteroatoms. The first-order chi connectivity index (χ1) is 12.8. The molecule has 1 aliphatic rings. The molecule has 0 saturated heterocycles. The third-order valence-corrected chi connectivity index (χ3v) is 4.24. The fraction of sp³-hybridized carbons (Fsp3) is 0.312. The number of hydrogen-bond donors (Lipinski definition) is 0. The molecular weight excluding hydrogens is 378 g/mol. The molecule has 0 N–H and O–H groups in total. The Kier molecular flexibility index (Phi) is 5.00. The van der Waals surface area contributed by atoms with E-state index < -0.39 is 22.7 Å². The number of hydrogen-bond acceptors (Lipinski definition) is 8. The van der Waals surface area contributed by atoms with Crippen LogP contribution in [0.5, 0.6) is 0 Å². The molecule has 2 aromatic heterocycles. The summed E-state index contributed by atoms with van der Waals surface area (Å²) < 4.78 is 5.01. The standard InChI is InChI=1S/C16H14ClN5O5/c1-3-27-15(24)12-13-9(5-19-16(17)20-13)7-21(14(12)23)11-4-10(22(25)26)6-18-8(11)2/h4-6,12H,3,7H2,1-2H3. The lowest BCUT2D eigenvalue weighted by atomic mass is 9.94. The van der Waals surface area contributed by atoms with Crippen molar-refractivity contribution in [2.24, 2.45) is 0 Å². The highest BCUT2D eigenvalue weighted by Gasteiger charge is 2.42. The summed E-state index contributed by atoms with van der Waals surface area (Å²) in [6, 6.07) is 1.24. The van der Waals surface area contributed by atoms with Crippen LogP contribution in [0.2, 0.25) is 5.28 Å². The summed E-state index contributed by atoms with van der Waals surface area (Å²) in [6.45, 7) is 3.32. The Bertz CT molecular complexity index is 951. The molecule has 0 bridgehead atoms. The Morgan fingerprint density at radius 3 is 2.85 bits per heavy atom. The SMILES string of the molecule is CCOC(=O)C1C(=O)N(c2cc([N+](=O)[O-])cnc2C)Cc2cnc(Cl)nc21. The van der Waals surface area contributed by atoms with E-state index in [0.717, 1.165) is 6.20 Å². The van der Waals surface area contributed by atoms with Crippen LogP contribution < -0.4 is 4.90 Å². The van der Waals surface area contributed by atoms with Gasteiger partial charge in [0.2, 0.25) is 11.2 Å². The molecule has 27 heavy (non-hydrogen) atoms. The Balaban J connectivity index is 2.13. The predicted molar refractivity (Wildman–Crippen MR) is 93.2 cm³/mol. The molecular formula is C16H14ClN5O5. The molecule has 0 fully saturated rings. The van der Waals surface area contributed by atoms with Crippen molar-refractivity contribution < 1.29 is 19.2 Å². The van der Waals surface area contributed by atoms with Gasteiger partial charge in [-0.1, -0.05) is 0 Å². The van der Waals surface area contributed by atoms with Crippen molar-refractivity contribution in [1.29, 1.82) is 0 Å². The largest absolute Gasteiger partial charge is 0.465 e. The maximum absolute atomic E-state index is 13.1. The molecule has 2 aromatic rings. The molecule has 1 unspecified atom stereocenters. The van der Waals surface area contributed by atoms with Crippen LogP contribution in [-0.2, 0) is 20.9 Å². The van der Waals surface area contributed by atoms with Crippen LogP contribution in [-0.4, -0.2) is 38.4 Å². The number of amides is 1. The lowest BCUT2D eigenvalue weighted by Crippen LogP contribution is -2.44. The molecule has 0 spiro atoms. The summed E-state index contributed by atoms with van der Waals surface area (Å²) in [5.74, 6) is -2.74. The number of pyridine rings is 1. The highest BCUT2D eigenvalue weighted by Crippen LogP contribution is 2.34. The second-order valence-corrected chi connectivity index (χ2v) is 6.05.